The van der Waals surface area contributed by atoms with Gasteiger partial charge in [-0.1, -0.05) is 91.0 Å². The number of carbonyl (C=O) groups excluding carboxylic acids is 2. The topological polar surface area (TPSA) is 93.1 Å². The maximum atomic E-state index is 14.1. The van der Waals surface area contributed by atoms with Crippen molar-refractivity contribution in [2.24, 2.45) is 17.8 Å². The van der Waals surface area contributed by atoms with Crippen LogP contribution in [-0.4, -0.2) is 41.5 Å². The highest BCUT2D eigenvalue weighted by molar-refractivity contribution is 6.43. The SMILES string of the molecule is O=C1c2ccccc2C(=O)[C@@H]2CC(COc3ccccc3)=C3[C@@H](CC/C(=C/c4ccc(O)cc4)c4ccccc4)OB(O)C[C@@H]3[C@H]12. The minimum atomic E-state index is -1.06. The summed E-state index contributed by atoms with van der Waals surface area (Å²) in [5.74, 6) is -0.519. The molecule has 0 aromatic heterocycles. The summed E-state index contributed by atoms with van der Waals surface area (Å²) in [6, 6.07) is 33.9. The van der Waals surface area contributed by atoms with E-state index in [1.54, 1.807) is 36.4 Å². The van der Waals surface area contributed by atoms with Crippen molar-refractivity contribution in [1.82, 2.24) is 0 Å². The molecular formula is C39H35BO6. The van der Waals surface area contributed by atoms with Crippen LogP contribution in [0.1, 0.15) is 51.1 Å². The van der Waals surface area contributed by atoms with Gasteiger partial charge in [-0.2, -0.15) is 0 Å². The molecule has 7 rings (SSSR count). The number of para-hydroxylation sites is 1. The Morgan fingerprint density at radius 3 is 2.20 bits per heavy atom. The molecule has 1 saturated heterocycles. The second kappa shape index (κ2) is 13.0. The average molecular weight is 611 g/mol. The lowest BCUT2D eigenvalue weighted by Gasteiger charge is -2.47. The Labute approximate surface area is 269 Å². The van der Waals surface area contributed by atoms with Crippen molar-refractivity contribution < 1.29 is 29.1 Å². The summed E-state index contributed by atoms with van der Waals surface area (Å²) >= 11 is 0. The zero-order chi connectivity index (χ0) is 31.6. The molecule has 230 valence electrons. The van der Waals surface area contributed by atoms with Crippen LogP contribution in [0.5, 0.6) is 11.5 Å². The van der Waals surface area contributed by atoms with Crippen molar-refractivity contribution in [2.75, 3.05) is 6.61 Å². The molecule has 3 aliphatic rings. The first kappa shape index (κ1) is 30.0. The van der Waals surface area contributed by atoms with Gasteiger partial charge in [0.15, 0.2) is 11.6 Å². The monoisotopic (exact) mass is 610 g/mol. The van der Waals surface area contributed by atoms with E-state index in [1.165, 1.54) is 0 Å². The second-order valence-electron chi connectivity index (χ2n) is 12.4. The molecule has 0 saturated carbocycles. The van der Waals surface area contributed by atoms with Crippen molar-refractivity contribution in [3.05, 3.63) is 143 Å². The number of rotatable bonds is 8. The number of phenols is 1. The molecule has 2 aliphatic carbocycles. The summed E-state index contributed by atoms with van der Waals surface area (Å²) in [5, 5.41) is 20.9. The fraction of sp³-hybridized carbons (Fsp3) is 0.231. The van der Waals surface area contributed by atoms with Crippen molar-refractivity contribution >= 4 is 30.3 Å². The molecule has 1 heterocycles. The molecule has 1 fully saturated rings. The second-order valence-corrected chi connectivity index (χ2v) is 12.4. The Balaban J connectivity index is 1.26. The minimum Gasteiger partial charge on any atom is -0.508 e. The highest BCUT2D eigenvalue weighted by Crippen LogP contribution is 2.51. The summed E-state index contributed by atoms with van der Waals surface area (Å²) in [4.78, 5) is 28.0. The van der Waals surface area contributed by atoms with Crippen LogP contribution in [0.15, 0.2) is 120 Å². The van der Waals surface area contributed by atoms with E-state index in [2.05, 4.69) is 18.2 Å². The lowest BCUT2D eigenvalue weighted by Crippen LogP contribution is -2.51. The van der Waals surface area contributed by atoms with Gasteiger partial charge in [-0.3, -0.25) is 9.59 Å². The molecule has 4 aromatic rings. The van der Waals surface area contributed by atoms with Crippen LogP contribution >= 0.6 is 0 Å². The summed E-state index contributed by atoms with van der Waals surface area (Å²) in [7, 11) is -1.06. The predicted octanol–water partition coefficient (Wildman–Crippen LogP) is 7.30. The number of hydrogen-bond donors (Lipinski definition) is 2. The normalized spacial score (nSPS) is 22.6. The Hall–Kier alpha value is -4.72. The smallest absolute Gasteiger partial charge is 0.455 e. The fourth-order valence-electron chi connectivity index (χ4n) is 7.50. The molecule has 7 heteroatoms. The van der Waals surface area contributed by atoms with E-state index in [9.17, 15) is 19.7 Å². The Kier molecular flexibility index (Phi) is 8.44. The highest BCUT2D eigenvalue weighted by atomic mass is 16.5. The molecule has 0 unspecified atom stereocenters. The fourth-order valence-corrected chi connectivity index (χ4v) is 7.50. The van der Waals surface area contributed by atoms with Crippen LogP contribution in [0.4, 0.5) is 0 Å². The number of phenolic OH excluding ortho intramolecular Hbond substituents is 1. The van der Waals surface area contributed by atoms with E-state index in [-0.39, 0.29) is 36.2 Å². The molecule has 0 amide bonds. The molecule has 6 nitrogen and oxygen atoms in total. The Bertz CT molecular complexity index is 1800. The van der Waals surface area contributed by atoms with Crippen molar-refractivity contribution in [1.29, 1.82) is 0 Å². The van der Waals surface area contributed by atoms with Gasteiger partial charge < -0.3 is 19.5 Å². The molecule has 2 N–H and O–H groups in total. The molecule has 4 aromatic carbocycles. The van der Waals surface area contributed by atoms with E-state index < -0.39 is 25.1 Å². The standard InChI is InChI=1S/C39H35BO6/c41-29-18-15-25(16-19-29)21-27(26-9-3-1-4-10-26)17-20-35-36-28(24-45-30-11-5-2-6-12-30)22-33-37(34(36)23-40(44)46-35)39(43)32-14-8-7-13-31(32)38(33)42/h1-16,18-19,21,33-35,37,41,44H,17,20,22-24H2/b27-21-/t33-,34+,35-,37-/m1/s1. The van der Waals surface area contributed by atoms with E-state index >= 15 is 0 Å². The van der Waals surface area contributed by atoms with Crippen LogP contribution in [0.2, 0.25) is 6.32 Å². The van der Waals surface area contributed by atoms with Gasteiger partial charge in [0, 0.05) is 23.0 Å². The largest absolute Gasteiger partial charge is 0.508 e. The molecule has 46 heavy (non-hydrogen) atoms. The van der Waals surface area contributed by atoms with Gasteiger partial charge in [0.1, 0.15) is 18.1 Å². The number of ketones is 2. The first-order valence-corrected chi connectivity index (χ1v) is 15.9. The number of hydrogen-bond acceptors (Lipinski definition) is 6. The molecule has 0 bridgehead atoms. The van der Waals surface area contributed by atoms with Gasteiger partial charge >= 0.3 is 7.12 Å². The Morgan fingerprint density at radius 2 is 1.48 bits per heavy atom. The lowest BCUT2D eigenvalue weighted by molar-refractivity contribution is 0.0593. The summed E-state index contributed by atoms with van der Waals surface area (Å²) in [6.45, 7) is 0.271. The van der Waals surface area contributed by atoms with Crippen LogP contribution < -0.4 is 4.74 Å². The van der Waals surface area contributed by atoms with Crippen LogP contribution in [0, 0.1) is 17.8 Å². The predicted molar refractivity (Wildman–Crippen MR) is 178 cm³/mol. The maximum absolute atomic E-state index is 14.1. The van der Waals surface area contributed by atoms with Crippen molar-refractivity contribution in [3.63, 3.8) is 0 Å². The first-order chi connectivity index (χ1) is 22.5. The van der Waals surface area contributed by atoms with Crippen LogP contribution in [-0.2, 0) is 4.65 Å². The summed E-state index contributed by atoms with van der Waals surface area (Å²) in [5.41, 5.74) is 6.02. The number of carbonyl (C=O) groups is 2. The quantitative estimate of drug-likeness (QED) is 0.124. The number of Topliss-reactive ketones (excluding diaryl/α,β-unsaturated/α-hetero) is 2. The molecule has 1 aliphatic heterocycles. The third-order valence-electron chi connectivity index (χ3n) is 9.57. The van der Waals surface area contributed by atoms with Gasteiger partial charge in [0.2, 0.25) is 0 Å². The molecular weight excluding hydrogens is 575 g/mol. The van der Waals surface area contributed by atoms with Crippen LogP contribution in [0.3, 0.4) is 0 Å². The number of aromatic hydroxyl groups is 1. The van der Waals surface area contributed by atoms with Crippen molar-refractivity contribution in [2.45, 2.75) is 31.7 Å². The molecule has 0 spiro atoms. The van der Waals surface area contributed by atoms with Gasteiger partial charge in [0.25, 0.3) is 0 Å². The average Bonchev–Trinajstić information content (AvgIpc) is 3.09. The van der Waals surface area contributed by atoms with E-state index in [0.717, 1.165) is 33.6 Å². The number of allylic oxidation sites excluding steroid dienone is 1. The number of fused-ring (bicyclic) bond motifs is 4. The highest BCUT2D eigenvalue weighted by Gasteiger charge is 2.53. The lowest BCUT2D eigenvalue weighted by atomic mass is 9.54. The van der Waals surface area contributed by atoms with Crippen molar-refractivity contribution in [3.8, 4) is 11.5 Å². The molecule has 4 atom stereocenters. The van der Waals surface area contributed by atoms with Crippen LogP contribution in [0.25, 0.3) is 11.6 Å². The Morgan fingerprint density at radius 1 is 0.826 bits per heavy atom. The van der Waals surface area contributed by atoms with Gasteiger partial charge in [0.05, 0.1) is 6.10 Å². The minimum absolute atomic E-state index is 0.0165. The van der Waals surface area contributed by atoms with E-state index in [4.69, 9.17) is 9.39 Å². The van der Waals surface area contributed by atoms with E-state index in [1.807, 2.05) is 60.7 Å². The third kappa shape index (κ3) is 5.96. The summed E-state index contributed by atoms with van der Waals surface area (Å²) < 4.78 is 12.5. The summed E-state index contributed by atoms with van der Waals surface area (Å²) in [6.07, 6.45) is 3.50. The zero-order valence-electron chi connectivity index (χ0n) is 25.4. The third-order valence-corrected chi connectivity index (χ3v) is 9.57. The van der Waals surface area contributed by atoms with E-state index in [0.29, 0.717) is 30.4 Å². The number of benzene rings is 4. The van der Waals surface area contributed by atoms with Gasteiger partial charge in [-0.05, 0) is 83.6 Å². The van der Waals surface area contributed by atoms with Gasteiger partial charge in [-0.25, -0.2) is 0 Å². The first-order valence-electron chi connectivity index (χ1n) is 15.9. The zero-order valence-corrected chi connectivity index (χ0v) is 25.4. The molecule has 0 radical (unpaired) electrons. The maximum Gasteiger partial charge on any atom is 0.455 e. The number of ether oxygens (including phenoxy) is 1. The van der Waals surface area contributed by atoms with Gasteiger partial charge in [-0.15, -0.1) is 0 Å².